The van der Waals surface area contributed by atoms with Gasteiger partial charge >= 0.3 is 0 Å². The number of rotatable bonds is 5. The standard InChI is InChI=1S/C13H20N4O3/c1-4-9-11(18)15-13(5-2,6-3)12(19)17(9)7-10-14-8-20-16-10/h8-9H,4-7H2,1-3H3,(H,15,18). The van der Waals surface area contributed by atoms with E-state index in [9.17, 15) is 9.59 Å². The molecule has 0 aliphatic carbocycles. The van der Waals surface area contributed by atoms with Gasteiger partial charge in [0.1, 0.15) is 11.6 Å². The van der Waals surface area contributed by atoms with E-state index in [1.54, 1.807) is 4.90 Å². The SMILES string of the molecule is CCC1C(=O)NC(CC)(CC)C(=O)N1Cc1ncon1. The van der Waals surface area contributed by atoms with Crippen LogP contribution in [-0.2, 0) is 16.1 Å². The molecule has 7 nitrogen and oxygen atoms in total. The monoisotopic (exact) mass is 280 g/mol. The molecule has 1 saturated heterocycles. The molecule has 1 aliphatic heterocycles. The van der Waals surface area contributed by atoms with Crippen LogP contribution >= 0.6 is 0 Å². The van der Waals surface area contributed by atoms with E-state index in [0.29, 0.717) is 25.1 Å². The van der Waals surface area contributed by atoms with Crippen LogP contribution in [0.1, 0.15) is 45.9 Å². The topological polar surface area (TPSA) is 88.3 Å². The number of piperazine rings is 1. The van der Waals surface area contributed by atoms with Gasteiger partial charge in [-0.1, -0.05) is 25.9 Å². The molecule has 1 N–H and O–H groups in total. The Balaban J connectivity index is 2.32. The highest BCUT2D eigenvalue weighted by Gasteiger charge is 2.48. The molecule has 1 fully saturated rings. The van der Waals surface area contributed by atoms with E-state index in [-0.39, 0.29) is 18.4 Å². The number of aromatic nitrogens is 2. The molecular weight excluding hydrogens is 260 g/mol. The average Bonchev–Trinajstić information content (AvgIpc) is 2.96. The lowest BCUT2D eigenvalue weighted by Crippen LogP contribution is -2.69. The molecule has 7 heteroatoms. The van der Waals surface area contributed by atoms with Crippen molar-refractivity contribution in [1.82, 2.24) is 20.4 Å². The highest BCUT2D eigenvalue weighted by Crippen LogP contribution is 2.27. The second-order valence-electron chi connectivity index (χ2n) is 4.98. The van der Waals surface area contributed by atoms with Crippen molar-refractivity contribution < 1.29 is 14.1 Å². The number of nitrogens with zero attached hydrogens (tertiary/aromatic N) is 3. The summed E-state index contributed by atoms with van der Waals surface area (Å²) in [6.07, 6.45) is 2.90. The van der Waals surface area contributed by atoms with Crippen molar-refractivity contribution >= 4 is 11.8 Å². The van der Waals surface area contributed by atoms with Crippen molar-refractivity contribution in [2.24, 2.45) is 0 Å². The van der Waals surface area contributed by atoms with E-state index in [0.717, 1.165) is 0 Å². The number of carbonyl (C=O) groups excluding carboxylic acids is 2. The number of amides is 2. The zero-order valence-electron chi connectivity index (χ0n) is 12.0. The van der Waals surface area contributed by atoms with E-state index in [1.807, 2.05) is 20.8 Å². The molecule has 0 radical (unpaired) electrons. The molecule has 20 heavy (non-hydrogen) atoms. The zero-order valence-corrected chi connectivity index (χ0v) is 12.0. The molecule has 2 amide bonds. The van der Waals surface area contributed by atoms with Gasteiger partial charge in [-0.2, -0.15) is 4.98 Å². The molecule has 2 heterocycles. The zero-order chi connectivity index (χ0) is 14.8. The van der Waals surface area contributed by atoms with Gasteiger partial charge in [0.25, 0.3) is 0 Å². The first-order valence-corrected chi connectivity index (χ1v) is 6.96. The van der Waals surface area contributed by atoms with Gasteiger partial charge in [-0.25, -0.2) is 0 Å². The molecule has 1 aromatic heterocycles. The van der Waals surface area contributed by atoms with Gasteiger partial charge in [-0.3, -0.25) is 9.59 Å². The van der Waals surface area contributed by atoms with E-state index in [2.05, 4.69) is 15.5 Å². The van der Waals surface area contributed by atoms with E-state index < -0.39 is 11.6 Å². The Hall–Kier alpha value is -1.92. The van der Waals surface area contributed by atoms with Gasteiger partial charge in [-0.15, -0.1) is 0 Å². The minimum Gasteiger partial charge on any atom is -0.343 e. The van der Waals surface area contributed by atoms with E-state index >= 15 is 0 Å². The first-order valence-electron chi connectivity index (χ1n) is 6.96. The first-order chi connectivity index (χ1) is 9.57. The van der Waals surface area contributed by atoms with Gasteiger partial charge < -0.3 is 14.7 Å². The maximum atomic E-state index is 12.8. The molecule has 0 spiro atoms. The van der Waals surface area contributed by atoms with Crippen LogP contribution in [0, 0.1) is 0 Å². The summed E-state index contributed by atoms with van der Waals surface area (Å²) in [6, 6.07) is -0.479. The maximum Gasteiger partial charge on any atom is 0.249 e. The quantitative estimate of drug-likeness (QED) is 0.864. The van der Waals surface area contributed by atoms with Gasteiger partial charge in [0.05, 0.1) is 6.54 Å². The summed E-state index contributed by atoms with van der Waals surface area (Å²) in [7, 11) is 0. The van der Waals surface area contributed by atoms with Crippen molar-refractivity contribution in [1.29, 1.82) is 0 Å². The van der Waals surface area contributed by atoms with Crippen LogP contribution in [0.2, 0.25) is 0 Å². The maximum absolute atomic E-state index is 12.8. The van der Waals surface area contributed by atoms with Crippen molar-refractivity contribution in [3.05, 3.63) is 12.2 Å². The molecule has 0 bridgehead atoms. The largest absolute Gasteiger partial charge is 0.343 e. The summed E-state index contributed by atoms with van der Waals surface area (Å²) in [4.78, 5) is 30.6. The smallest absolute Gasteiger partial charge is 0.249 e. The third-order valence-electron chi connectivity index (χ3n) is 4.02. The molecule has 110 valence electrons. The number of hydrogen-bond donors (Lipinski definition) is 1. The van der Waals surface area contributed by atoms with Gasteiger partial charge in [0, 0.05) is 0 Å². The Morgan fingerprint density at radius 3 is 2.55 bits per heavy atom. The highest BCUT2D eigenvalue weighted by atomic mass is 16.5. The number of hydrogen-bond acceptors (Lipinski definition) is 5. The van der Waals surface area contributed by atoms with E-state index in [4.69, 9.17) is 4.52 Å². The molecule has 2 rings (SSSR count). The summed E-state index contributed by atoms with van der Waals surface area (Å²) in [5, 5.41) is 6.62. The Kier molecular flexibility index (Phi) is 4.06. The van der Waals surface area contributed by atoms with E-state index in [1.165, 1.54) is 6.39 Å². The fourth-order valence-electron chi connectivity index (χ4n) is 2.66. The summed E-state index contributed by atoms with van der Waals surface area (Å²) in [5.74, 6) is 0.227. The van der Waals surface area contributed by atoms with Crippen molar-refractivity contribution in [2.45, 2.75) is 58.2 Å². The predicted molar refractivity (Wildman–Crippen MR) is 70.4 cm³/mol. The van der Waals surface area contributed by atoms with Crippen LogP contribution in [-0.4, -0.2) is 38.4 Å². The Labute approximate surface area is 117 Å². The lowest BCUT2D eigenvalue weighted by molar-refractivity contribution is -0.156. The summed E-state index contributed by atoms with van der Waals surface area (Å²) in [5.41, 5.74) is -0.813. The van der Waals surface area contributed by atoms with Crippen molar-refractivity contribution in [3.63, 3.8) is 0 Å². The van der Waals surface area contributed by atoms with Gasteiger partial charge in [0.15, 0.2) is 5.82 Å². The van der Waals surface area contributed by atoms with Crippen LogP contribution in [0.5, 0.6) is 0 Å². The van der Waals surface area contributed by atoms with Crippen LogP contribution in [0.25, 0.3) is 0 Å². The fraction of sp³-hybridized carbons (Fsp3) is 0.692. The lowest BCUT2D eigenvalue weighted by Gasteiger charge is -2.44. The molecule has 0 aromatic carbocycles. The summed E-state index contributed by atoms with van der Waals surface area (Å²) >= 11 is 0. The van der Waals surface area contributed by atoms with Crippen LogP contribution in [0.4, 0.5) is 0 Å². The van der Waals surface area contributed by atoms with Crippen molar-refractivity contribution in [2.75, 3.05) is 0 Å². The number of nitrogens with one attached hydrogen (secondary N) is 1. The first kappa shape index (κ1) is 14.5. The predicted octanol–water partition coefficient (Wildman–Crippen LogP) is 0.865. The second kappa shape index (κ2) is 5.60. The summed E-state index contributed by atoms with van der Waals surface area (Å²) in [6.45, 7) is 5.88. The van der Waals surface area contributed by atoms with Crippen LogP contribution in [0.3, 0.4) is 0 Å². The Bertz CT molecular complexity index is 482. The molecule has 1 atom stereocenters. The van der Waals surface area contributed by atoms with Crippen LogP contribution < -0.4 is 5.32 Å². The third-order valence-corrected chi connectivity index (χ3v) is 4.02. The molecular formula is C13H20N4O3. The van der Waals surface area contributed by atoms with Gasteiger partial charge in [0.2, 0.25) is 18.2 Å². The molecule has 0 saturated carbocycles. The van der Waals surface area contributed by atoms with Crippen molar-refractivity contribution in [3.8, 4) is 0 Å². The summed E-state index contributed by atoms with van der Waals surface area (Å²) < 4.78 is 4.69. The highest BCUT2D eigenvalue weighted by molar-refractivity contribution is 5.99. The second-order valence-corrected chi connectivity index (χ2v) is 4.98. The lowest BCUT2D eigenvalue weighted by atomic mass is 9.86. The minimum atomic E-state index is -0.813. The third kappa shape index (κ3) is 2.28. The average molecular weight is 280 g/mol. The fourth-order valence-corrected chi connectivity index (χ4v) is 2.66. The molecule has 1 aromatic rings. The number of carbonyl (C=O) groups is 2. The Morgan fingerprint density at radius 1 is 1.35 bits per heavy atom. The normalized spacial score (nSPS) is 21.9. The molecule has 1 aliphatic rings. The van der Waals surface area contributed by atoms with Gasteiger partial charge in [-0.05, 0) is 19.3 Å². The Morgan fingerprint density at radius 2 is 2.05 bits per heavy atom. The van der Waals surface area contributed by atoms with Crippen LogP contribution in [0.15, 0.2) is 10.9 Å². The minimum absolute atomic E-state index is 0.0706. The molecule has 1 unspecified atom stereocenters.